The first-order valence-corrected chi connectivity index (χ1v) is 11.6. The number of thiophene rings is 1. The molecule has 6 nitrogen and oxygen atoms in total. The van der Waals surface area contributed by atoms with Crippen molar-refractivity contribution in [3.8, 4) is 9.88 Å². The van der Waals surface area contributed by atoms with Crippen LogP contribution in [0, 0.1) is 0 Å². The summed E-state index contributed by atoms with van der Waals surface area (Å²) in [5.74, 6) is -0.0268. The molecule has 1 N–H and O–H groups in total. The molecule has 3 aromatic rings. The van der Waals surface area contributed by atoms with Crippen molar-refractivity contribution in [3.05, 3.63) is 52.3 Å². The molecule has 2 aromatic heterocycles. The van der Waals surface area contributed by atoms with Crippen LogP contribution in [0.25, 0.3) is 9.88 Å². The van der Waals surface area contributed by atoms with Crippen LogP contribution < -0.4 is 9.62 Å². The molecule has 9 heteroatoms. The summed E-state index contributed by atoms with van der Waals surface area (Å²) in [6.07, 6.45) is 0.879. The van der Waals surface area contributed by atoms with E-state index in [1.54, 1.807) is 28.4 Å². The number of amides is 1. The van der Waals surface area contributed by atoms with Crippen molar-refractivity contribution < 1.29 is 13.2 Å². The number of carbonyl (C=O) groups excluding carboxylic acids is 1. The van der Waals surface area contributed by atoms with E-state index in [4.69, 9.17) is 0 Å². The van der Waals surface area contributed by atoms with Crippen LogP contribution in [-0.2, 0) is 27.7 Å². The Hall–Kier alpha value is -2.07. The van der Waals surface area contributed by atoms with Gasteiger partial charge in [0.25, 0.3) is 0 Å². The minimum atomic E-state index is -3.49. The van der Waals surface area contributed by atoms with Crippen molar-refractivity contribution in [2.24, 2.45) is 0 Å². The summed E-state index contributed by atoms with van der Waals surface area (Å²) in [5, 5.41) is 4.86. The fourth-order valence-corrected chi connectivity index (χ4v) is 5.49. The van der Waals surface area contributed by atoms with E-state index in [0.717, 1.165) is 26.8 Å². The average Bonchev–Trinajstić information content (AvgIpc) is 3.40. The van der Waals surface area contributed by atoms with E-state index in [1.807, 2.05) is 22.9 Å². The number of benzene rings is 1. The SMILES string of the molecule is CNS(=O)(=O)c1ccc2c(c1)CCN2C(=O)Cc1csc(-c2cccs2)n1. The fraction of sp³-hybridized carbons (Fsp3) is 0.222. The van der Waals surface area contributed by atoms with Gasteiger partial charge in [0.05, 0.1) is 21.9 Å². The zero-order chi connectivity index (χ0) is 19.0. The summed E-state index contributed by atoms with van der Waals surface area (Å²) in [7, 11) is -2.10. The van der Waals surface area contributed by atoms with Crippen LogP contribution in [0.1, 0.15) is 11.3 Å². The van der Waals surface area contributed by atoms with Crippen LogP contribution in [-0.4, -0.2) is 32.9 Å². The number of nitrogens with one attached hydrogen (secondary N) is 1. The van der Waals surface area contributed by atoms with Gasteiger partial charge in [0.2, 0.25) is 15.9 Å². The molecule has 0 radical (unpaired) electrons. The van der Waals surface area contributed by atoms with E-state index >= 15 is 0 Å². The Morgan fingerprint density at radius 3 is 2.89 bits per heavy atom. The number of carbonyl (C=O) groups is 1. The van der Waals surface area contributed by atoms with Crippen molar-refractivity contribution >= 4 is 44.3 Å². The first kappa shape index (κ1) is 18.3. The van der Waals surface area contributed by atoms with E-state index < -0.39 is 10.0 Å². The van der Waals surface area contributed by atoms with E-state index in [0.29, 0.717) is 13.0 Å². The molecular weight excluding hydrogens is 402 g/mol. The van der Waals surface area contributed by atoms with Crippen molar-refractivity contribution in [3.63, 3.8) is 0 Å². The summed E-state index contributed by atoms with van der Waals surface area (Å²) in [6, 6.07) is 8.89. The van der Waals surface area contributed by atoms with Gasteiger partial charge in [-0.1, -0.05) is 6.07 Å². The number of fused-ring (bicyclic) bond motifs is 1. The predicted molar refractivity (Wildman–Crippen MR) is 108 cm³/mol. The number of hydrogen-bond acceptors (Lipinski definition) is 6. The van der Waals surface area contributed by atoms with Crippen LogP contribution in [0.15, 0.2) is 46.0 Å². The maximum Gasteiger partial charge on any atom is 0.240 e. The highest BCUT2D eigenvalue weighted by Gasteiger charge is 2.27. The third kappa shape index (κ3) is 3.55. The van der Waals surface area contributed by atoms with E-state index in [2.05, 4.69) is 9.71 Å². The molecule has 0 unspecified atom stereocenters. The lowest BCUT2D eigenvalue weighted by atomic mass is 10.2. The third-order valence-electron chi connectivity index (χ3n) is 4.44. The molecule has 3 heterocycles. The number of anilines is 1. The maximum atomic E-state index is 12.8. The number of nitrogens with zero attached hydrogens (tertiary/aromatic N) is 2. The Morgan fingerprint density at radius 1 is 1.30 bits per heavy atom. The number of sulfonamides is 1. The highest BCUT2D eigenvalue weighted by atomic mass is 32.2. The number of aromatic nitrogens is 1. The van der Waals surface area contributed by atoms with Gasteiger partial charge in [-0.2, -0.15) is 0 Å². The van der Waals surface area contributed by atoms with Gasteiger partial charge in [0, 0.05) is 17.6 Å². The lowest BCUT2D eigenvalue weighted by Crippen LogP contribution is -2.30. The molecule has 0 saturated heterocycles. The topological polar surface area (TPSA) is 79.4 Å². The van der Waals surface area contributed by atoms with Crippen LogP contribution in [0.5, 0.6) is 0 Å². The second-order valence-electron chi connectivity index (χ2n) is 6.09. The molecule has 27 heavy (non-hydrogen) atoms. The van der Waals surface area contributed by atoms with Gasteiger partial charge in [0.1, 0.15) is 5.01 Å². The Morgan fingerprint density at radius 2 is 2.15 bits per heavy atom. The fourth-order valence-electron chi connectivity index (χ4n) is 3.07. The molecular formula is C18H17N3O3S3. The second-order valence-corrected chi connectivity index (χ2v) is 9.78. The number of hydrogen-bond donors (Lipinski definition) is 1. The van der Waals surface area contributed by atoms with Crippen LogP contribution in [0.4, 0.5) is 5.69 Å². The van der Waals surface area contributed by atoms with Crippen LogP contribution in [0.2, 0.25) is 0 Å². The monoisotopic (exact) mass is 419 g/mol. The highest BCUT2D eigenvalue weighted by Crippen LogP contribution is 2.32. The summed E-state index contributed by atoms with van der Waals surface area (Å²) in [6.45, 7) is 0.555. The highest BCUT2D eigenvalue weighted by molar-refractivity contribution is 7.89. The first-order valence-electron chi connectivity index (χ1n) is 8.33. The molecule has 0 atom stereocenters. The normalized spacial score (nSPS) is 13.7. The number of rotatable bonds is 5. The molecule has 1 aromatic carbocycles. The second kappa shape index (κ2) is 7.16. The molecule has 1 aliphatic heterocycles. The van der Waals surface area contributed by atoms with Crippen molar-refractivity contribution in [1.29, 1.82) is 0 Å². The summed E-state index contributed by atoms with van der Waals surface area (Å²) in [4.78, 5) is 20.4. The van der Waals surface area contributed by atoms with E-state index in [1.165, 1.54) is 24.5 Å². The van der Waals surface area contributed by atoms with Gasteiger partial charge >= 0.3 is 0 Å². The molecule has 0 spiro atoms. The lowest BCUT2D eigenvalue weighted by Gasteiger charge is -2.17. The largest absolute Gasteiger partial charge is 0.311 e. The third-order valence-corrected chi connectivity index (χ3v) is 7.78. The first-order chi connectivity index (χ1) is 13.0. The zero-order valence-electron chi connectivity index (χ0n) is 14.5. The molecule has 0 saturated carbocycles. The van der Waals surface area contributed by atoms with E-state index in [9.17, 15) is 13.2 Å². The predicted octanol–water partition coefficient (Wildman–Crippen LogP) is 2.91. The quantitative estimate of drug-likeness (QED) is 0.690. The molecule has 0 aliphatic carbocycles. The molecule has 0 bridgehead atoms. The summed E-state index contributed by atoms with van der Waals surface area (Å²) >= 11 is 3.17. The van der Waals surface area contributed by atoms with Gasteiger partial charge in [0.15, 0.2) is 0 Å². The molecule has 4 rings (SSSR count). The van der Waals surface area contributed by atoms with Crippen LogP contribution in [0.3, 0.4) is 0 Å². The van der Waals surface area contributed by atoms with Gasteiger partial charge < -0.3 is 4.90 Å². The molecule has 140 valence electrons. The zero-order valence-corrected chi connectivity index (χ0v) is 17.0. The van der Waals surface area contributed by atoms with Crippen LogP contribution >= 0.6 is 22.7 Å². The minimum absolute atomic E-state index is 0.0268. The molecule has 1 amide bonds. The van der Waals surface area contributed by atoms with Crippen molar-refractivity contribution in [2.45, 2.75) is 17.7 Å². The van der Waals surface area contributed by atoms with Crippen molar-refractivity contribution in [1.82, 2.24) is 9.71 Å². The number of thiazole rings is 1. The smallest absolute Gasteiger partial charge is 0.240 e. The Labute approximate surface area is 165 Å². The Kier molecular flexibility index (Phi) is 4.85. The standard InChI is InChI=1S/C18H17N3O3S3/c1-19-27(23,24)14-4-5-15-12(9-14)6-7-21(15)17(22)10-13-11-26-18(20-13)16-3-2-8-25-16/h2-5,8-9,11,19H,6-7,10H2,1H3. The van der Waals surface area contributed by atoms with Crippen molar-refractivity contribution in [2.75, 3.05) is 18.5 Å². The summed E-state index contributed by atoms with van der Waals surface area (Å²) in [5.41, 5.74) is 2.41. The minimum Gasteiger partial charge on any atom is -0.311 e. The van der Waals surface area contributed by atoms with Gasteiger partial charge in [-0.05, 0) is 48.7 Å². The Balaban J connectivity index is 1.52. The summed E-state index contributed by atoms with van der Waals surface area (Å²) < 4.78 is 26.2. The molecule has 1 aliphatic rings. The van der Waals surface area contributed by atoms with Gasteiger partial charge in [-0.15, -0.1) is 22.7 Å². The Bertz CT molecular complexity index is 1090. The average molecular weight is 420 g/mol. The van der Waals surface area contributed by atoms with Gasteiger partial charge in [-0.3, -0.25) is 4.79 Å². The lowest BCUT2D eigenvalue weighted by molar-refractivity contribution is -0.117. The molecule has 0 fully saturated rings. The van der Waals surface area contributed by atoms with E-state index in [-0.39, 0.29) is 17.2 Å². The van der Waals surface area contributed by atoms with Gasteiger partial charge in [-0.25, -0.2) is 18.1 Å². The maximum absolute atomic E-state index is 12.8.